The van der Waals surface area contributed by atoms with E-state index in [0.717, 1.165) is 17.0 Å². The number of esters is 1. The van der Waals surface area contributed by atoms with Crippen molar-refractivity contribution in [3.8, 4) is 0 Å². The second-order valence-electron chi connectivity index (χ2n) is 4.43. The molecule has 0 aliphatic heterocycles. The Labute approximate surface area is 122 Å². The van der Waals surface area contributed by atoms with Crippen molar-refractivity contribution in [3.63, 3.8) is 0 Å². The molecule has 0 spiro atoms. The molecule has 0 fully saturated rings. The standard InChI is InChI=1S/C14H16ClN3O2/c1-8-12(9(2)18-17-8)13(14(19)20-3)16-11-7-5-4-6-10(11)15/h4-7,13,16H,1-3H3,(H,17,18). The largest absolute Gasteiger partial charge is 0.467 e. The van der Waals surface area contributed by atoms with Gasteiger partial charge in [-0.1, -0.05) is 23.7 Å². The van der Waals surface area contributed by atoms with Crippen LogP contribution >= 0.6 is 11.6 Å². The van der Waals surface area contributed by atoms with Gasteiger partial charge in [0.1, 0.15) is 0 Å². The van der Waals surface area contributed by atoms with E-state index in [4.69, 9.17) is 16.3 Å². The minimum absolute atomic E-state index is 0.391. The summed E-state index contributed by atoms with van der Waals surface area (Å²) in [6.07, 6.45) is 0. The lowest BCUT2D eigenvalue weighted by Crippen LogP contribution is -2.23. The van der Waals surface area contributed by atoms with Crippen LogP contribution in [0.25, 0.3) is 0 Å². The van der Waals surface area contributed by atoms with Crippen LogP contribution in [0.2, 0.25) is 5.02 Å². The van der Waals surface area contributed by atoms with E-state index in [0.29, 0.717) is 10.7 Å². The predicted molar refractivity (Wildman–Crippen MR) is 77.9 cm³/mol. The lowest BCUT2D eigenvalue weighted by Gasteiger charge is -2.19. The van der Waals surface area contributed by atoms with Gasteiger partial charge in [0.2, 0.25) is 0 Å². The van der Waals surface area contributed by atoms with Crippen LogP contribution in [0.4, 0.5) is 5.69 Å². The normalized spacial score (nSPS) is 12.0. The maximum atomic E-state index is 12.1. The topological polar surface area (TPSA) is 67.0 Å². The number of H-pyrrole nitrogens is 1. The maximum Gasteiger partial charge on any atom is 0.333 e. The predicted octanol–water partition coefficient (Wildman–Crippen LogP) is 3.01. The maximum absolute atomic E-state index is 12.1. The van der Waals surface area contributed by atoms with Crippen molar-refractivity contribution >= 4 is 23.3 Å². The van der Waals surface area contributed by atoms with Crippen LogP contribution in [-0.4, -0.2) is 23.3 Å². The molecule has 1 aromatic carbocycles. The number of ether oxygens (including phenoxy) is 1. The summed E-state index contributed by atoms with van der Waals surface area (Å²) in [5.74, 6) is -0.391. The molecule has 20 heavy (non-hydrogen) atoms. The summed E-state index contributed by atoms with van der Waals surface area (Å²) in [5.41, 5.74) is 3.01. The summed E-state index contributed by atoms with van der Waals surface area (Å²) >= 11 is 6.12. The number of para-hydroxylation sites is 1. The molecule has 106 valence electrons. The monoisotopic (exact) mass is 293 g/mol. The molecule has 0 aliphatic carbocycles. The zero-order valence-electron chi connectivity index (χ0n) is 11.5. The van der Waals surface area contributed by atoms with E-state index < -0.39 is 12.0 Å². The number of aryl methyl sites for hydroxylation is 2. The first kappa shape index (κ1) is 14.4. The summed E-state index contributed by atoms with van der Waals surface area (Å²) in [6.45, 7) is 3.70. The Hall–Kier alpha value is -2.01. The highest BCUT2D eigenvalue weighted by Crippen LogP contribution is 2.29. The van der Waals surface area contributed by atoms with Crippen molar-refractivity contribution in [1.82, 2.24) is 10.2 Å². The van der Waals surface area contributed by atoms with Gasteiger partial charge in [0, 0.05) is 11.3 Å². The molecule has 1 atom stereocenters. The van der Waals surface area contributed by atoms with Gasteiger partial charge in [0.25, 0.3) is 0 Å². The average Bonchev–Trinajstić information content (AvgIpc) is 2.77. The van der Waals surface area contributed by atoms with Gasteiger partial charge in [-0.05, 0) is 26.0 Å². The van der Waals surface area contributed by atoms with E-state index in [9.17, 15) is 4.79 Å². The van der Waals surface area contributed by atoms with Crippen molar-refractivity contribution in [1.29, 1.82) is 0 Å². The third kappa shape index (κ3) is 2.77. The fraction of sp³-hybridized carbons (Fsp3) is 0.286. The van der Waals surface area contributed by atoms with Crippen LogP contribution in [-0.2, 0) is 9.53 Å². The molecule has 0 saturated heterocycles. The van der Waals surface area contributed by atoms with E-state index in [2.05, 4.69) is 15.5 Å². The Morgan fingerprint density at radius 3 is 2.65 bits per heavy atom. The first-order valence-corrected chi connectivity index (χ1v) is 6.52. The third-order valence-corrected chi connectivity index (χ3v) is 3.41. The SMILES string of the molecule is COC(=O)C(Nc1ccccc1Cl)c1c(C)n[nH]c1C. The Morgan fingerprint density at radius 2 is 2.10 bits per heavy atom. The number of carbonyl (C=O) groups excluding carboxylic acids is 1. The molecule has 5 nitrogen and oxygen atoms in total. The summed E-state index contributed by atoms with van der Waals surface area (Å²) < 4.78 is 4.87. The van der Waals surface area contributed by atoms with Crippen LogP contribution in [0, 0.1) is 13.8 Å². The van der Waals surface area contributed by atoms with Crippen molar-refractivity contribution < 1.29 is 9.53 Å². The number of methoxy groups -OCH3 is 1. The van der Waals surface area contributed by atoms with Crippen LogP contribution in [0.3, 0.4) is 0 Å². The average molecular weight is 294 g/mol. The fourth-order valence-electron chi connectivity index (χ4n) is 2.09. The fourth-order valence-corrected chi connectivity index (χ4v) is 2.28. The molecule has 2 rings (SSSR count). The number of aromatic amines is 1. The van der Waals surface area contributed by atoms with Crippen molar-refractivity contribution in [2.24, 2.45) is 0 Å². The Morgan fingerprint density at radius 1 is 1.40 bits per heavy atom. The summed E-state index contributed by atoms with van der Waals surface area (Å²) in [6, 6.07) is 6.59. The number of rotatable bonds is 4. The van der Waals surface area contributed by atoms with Crippen molar-refractivity contribution in [3.05, 3.63) is 46.2 Å². The summed E-state index contributed by atoms with van der Waals surface area (Å²) in [7, 11) is 1.36. The van der Waals surface area contributed by atoms with E-state index in [1.54, 1.807) is 6.07 Å². The minimum atomic E-state index is -0.654. The highest BCUT2D eigenvalue weighted by Gasteiger charge is 2.27. The number of nitrogens with zero attached hydrogens (tertiary/aromatic N) is 1. The van der Waals surface area contributed by atoms with Gasteiger partial charge in [0.05, 0.1) is 23.5 Å². The first-order valence-electron chi connectivity index (χ1n) is 6.15. The molecule has 2 N–H and O–H groups in total. The van der Waals surface area contributed by atoms with Crippen LogP contribution in [0.15, 0.2) is 24.3 Å². The number of hydrogen-bond acceptors (Lipinski definition) is 4. The lowest BCUT2D eigenvalue weighted by atomic mass is 10.0. The molecule has 1 aromatic heterocycles. The summed E-state index contributed by atoms with van der Waals surface area (Å²) in [5, 5.41) is 10.6. The zero-order valence-corrected chi connectivity index (χ0v) is 12.3. The number of hydrogen-bond donors (Lipinski definition) is 2. The number of carbonyl (C=O) groups is 1. The number of aromatic nitrogens is 2. The Bertz CT molecular complexity index is 605. The molecular weight excluding hydrogens is 278 g/mol. The van der Waals surface area contributed by atoms with E-state index in [-0.39, 0.29) is 0 Å². The lowest BCUT2D eigenvalue weighted by molar-refractivity contribution is -0.141. The van der Waals surface area contributed by atoms with Gasteiger partial charge < -0.3 is 10.1 Å². The van der Waals surface area contributed by atoms with E-state index >= 15 is 0 Å². The Balaban J connectivity index is 2.40. The number of anilines is 1. The van der Waals surface area contributed by atoms with Crippen molar-refractivity contribution in [2.75, 3.05) is 12.4 Å². The summed E-state index contributed by atoms with van der Waals surface area (Å²) in [4.78, 5) is 12.1. The quantitative estimate of drug-likeness (QED) is 0.851. The van der Waals surface area contributed by atoms with Gasteiger partial charge >= 0.3 is 5.97 Å². The third-order valence-electron chi connectivity index (χ3n) is 3.08. The zero-order chi connectivity index (χ0) is 14.7. The first-order chi connectivity index (χ1) is 9.54. The van der Waals surface area contributed by atoms with Gasteiger partial charge in [-0.15, -0.1) is 0 Å². The number of benzene rings is 1. The van der Waals surface area contributed by atoms with Gasteiger partial charge in [0.15, 0.2) is 6.04 Å². The van der Waals surface area contributed by atoms with Gasteiger partial charge in [-0.3, -0.25) is 5.10 Å². The van der Waals surface area contributed by atoms with Crippen LogP contribution in [0.5, 0.6) is 0 Å². The second kappa shape index (κ2) is 5.96. The van der Waals surface area contributed by atoms with Crippen LogP contribution < -0.4 is 5.32 Å². The molecule has 0 radical (unpaired) electrons. The van der Waals surface area contributed by atoms with Gasteiger partial charge in [-0.2, -0.15) is 5.10 Å². The minimum Gasteiger partial charge on any atom is -0.467 e. The number of nitrogens with one attached hydrogen (secondary N) is 2. The molecule has 6 heteroatoms. The van der Waals surface area contributed by atoms with E-state index in [1.165, 1.54) is 7.11 Å². The molecule has 0 amide bonds. The number of halogens is 1. The van der Waals surface area contributed by atoms with E-state index in [1.807, 2.05) is 32.0 Å². The smallest absolute Gasteiger partial charge is 0.333 e. The molecule has 2 aromatic rings. The molecular formula is C14H16ClN3O2. The molecule has 1 unspecified atom stereocenters. The molecule has 0 saturated carbocycles. The highest BCUT2D eigenvalue weighted by atomic mass is 35.5. The van der Waals surface area contributed by atoms with Crippen LogP contribution in [0.1, 0.15) is 23.0 Å². The molecule has 1 heterocycles. The molecule has 0 bridgehead atoms. The second-order valence-corrected chi connectivity index (χ2v) is 4.84. The highest BCUT2D eigenvalue weighted by molar-refractivity contribution is 6.33. The molecule has 0 aliphatic rings. The Kier molecular flexibility index (Phi) is 4.29. The van der Waals surface area contributed by atoms with Gasteiger partial charge in [-0.25, -0.2) is 4.79 Å². The van der Waals surface area contributed by atoms with Crippen molar-refractivity contribution in [2.45, 2.75) is 19.9 Å².